The van der Waals surface area contributed by atoms with Crippen molar-refractivity contribution < 1.29 is 14.6 Å². The summed E-state index contributed by atoms with van der Waals surface area (Å²) in [6.07, 6.45) is 1.58. The number of aliphatic hydroxyl groups excluding tert-OH is 1. The van der Waals surface area contributed by atoms with E-state index in [1.54, 1.807) is 24.3 Å². The highest BCUT2D eigenvalue weighted by Gasteiger charge is 2.16. The molecule has 0 aliphatic rings. The molecule has 1 aromatic rings. The average molecular weight is 314 g/mol. The van der Waals surface area contributed by atoms with Crippen molar-refractivity contribution in [3.63, 3.8) is 0 Å². The lowest BCUT2D eigenvalue weighted by Gasteiger charge is -2.20. The first-order valence-corrected chi connectivity index (χ1v) is 7.77. The van der Waals surface area contributed by atoms with Crippen LogP contribution in [0.1, 0.15) is 33.1 Å². The van der Waals surface area contributed by atoms with E-state index >= 15 is 0 Å². The smallest absolute Gasteiger partial charge is 0.223 e. The Kier molecular flexibility index (Phi) is 8.16. The minimum atomic E-state index is -0.488. The molecular formula is C16H24ClNO3. The summed E-state index contributed by atoms with van der Waals surface area (Å²) in [4.78, 5) is 11.7. The molecule has 2 N–H and O–H groups in total. The highest BCUT2D eigenvalue weighted by atomic mass is 35.5. The van der Waals surface area contributed by atoms with Crippen molar-refractivity contribution in [2.45, 2.75) is 39.2 Å². The lowest BCUT2D eigenvalue weighted by atomic mass is 9.96. The van der Waals surface area contributed by atoms with Crippen LogP contribution < -0.4 is 10.1 Å². The number of halogens is 1. The van der Waals surface area contributed by atoms with E-state index in [0.29, 0.717) is 17.3 Å². The molecule has 0 spiro atoms. The number of carbonyl (C=O) groups is 1. The van der Waals surface area contributed by atoms with Crippen LogP contribution in [0.25, 0.3) is 0 Å². The maximum Gasteiger partial charge on any atom is 0.223 e. The molecule has 4 nitrogen and oxygen atoms in total. The zero-order valence-corrected chi connectivity index (χ0v) is 13.4. The van der Waals surface area contributed by atoms with Crippen LogP contribution in [-0.4, -0.2) is 30.3 Å². The Morgan fingerprint density at radius 2 is 2.10 bits per heavy atom. The quantitative estimate of drug-likeness (QED) is 0.737. The molecule has 0 aliphatic heterocycles. The molecule has 0 fully saturated rings. The molecule has 0 heterocycles. The van der Waals surface area contributed by atoms with Gasteiger partial charge < -0.3 is 15.2 Å². The minimum Gasteiger partial charge on any atom is -0.493 e. The van der Waals surface area contributed by atoms with Gasteiger partial charge in [0.2, 0.25) is 5.91 Å². The summed E-state index contributed by atoms with van der Waals surface area (Å²) in [5, 5.41) is 13.3. The molecule has 0 aliphatic carbocycles. The molecule has 0 saturated heterocycles. The summed E-state index contributed by atoms with van der Waals surface area (Å²) in [7, 11) is 0. The zero-order valence-electron chi connectivity index (χ0n) is 12.6. The molecule has 0 aromatic heterocycles. The molecule has 1 aromatic carbocycles. The highest BCUT2D eigenvalue weighted by Crippen LogP contribution is 2.17. The van der Waals surface area contributed by atoms with Gasteiger partial charge in [-0.05, 0) is 24.1 Å². The largest absolute Gasteiger partial charge is 0.493 e. The molecule has 1 amide bonds. The number of hydrogen-bond acceptors (Lipinski definition) is 3. The van der Waals surface area contributed by atoms with Crippen LogP contribution in [0, 0.1) is 5.92 Å². The molecule has 0 saturated carbocycles. The first-order valence-electron chi connectivity index (χ1n) is 7.39. The van der Waals surface area contributed by atoms with Gasteiger partial charge in [0.05, 0.1) is 19.1 Å². The van der Waals surface area contributed by atoms with Crippen LogP contribution in [-0.2, 0) is 4.79 Å². The number of ether oxygens (including phenoxy) is 1. The van der Waals surface area contributed by atoms with Crippen molar-refractivity contribution >= 4 is 17.5 Å². The average Bonchev–Trinajstić information content (AvgIpc) is 2.46. The Labute approximate surface area is 131 Å². The maximum atomic E-state index is 11.7. The Hall–Kier alpha value is -1.26. The molecule has 21 heavy (non-hydrogen) atoms. The SMILES string of the molecule is CCC(CC)C(O)CNC(=O)CCOc1cccc(Cl)c1. The van der Waals surface area contributed by atoms with Gasteiger partial charge in [0.15, 0.2) is 0 Å². The predicted molar refractivity (Wildman–Crippen MR) is 84.7 cm³/mol. The third-order valence-electron chi connectivity index (χ3n) is 3.50. The first-order chi connectivity index (χ1) is 10.1. The zero-order chi connectivity index (χ0) is 15.7. The van der Waals surface area contributed by atoms with Crippen molar-refractivity contribution in [2.75, 3.05) is 13.2 Å². The monoisotopic (exact) mass is 313 g/mol. The molecule has 118 valence electrons. The Balaban J connectivity index is 2.22. The number of benzene rings is 1. The Morgan fingerprint density at radius 3 is 2.71 bits per heavy atom. The second-order valence-corrected chi connectivity index (χ2v) is 5.44. The second kappa shape index (κ2) is 9.64. The number of aliphatic hydroxyl groups is 1. The van der Waals surface area contributed by atoms with E-state index in [1.165, 1.54) is 0 Å². The van der Waals surface area contributed by atoms with Crippen molar-refractivity contribution in [1.29, 1.82) is 0 Å². The van der Waals surface area contributed by atoms with Crippen LogP contribution in [0.3, 0.4) is 0 Å². The normalized spacial score (nSPS) is 12.2. The Bertz CT molecular complexity index is 435. The molecule has 1 atom stereocenters. The standard InChI is InChI=1S/C16H24ClNO3/c1-3-12(4-2)15(19)11-18-16(20)8-9-21-14-7-5-6-13(17)10-14/h5-7,10,12,15,19H,3-4,8-9,11H2,1-2H3,(H,18,20). The van der Waals surface area contributed by atoms with E-state index in [-0.39, 0.29) is 24.9 Å². The van der Waals surface area contributed by atoms with Gasteiger partial charge in [-0.25, -0.2) is 0 Å². The van der Waals surface area contributed by atoms with E-state index in [4.69, 9.17) is 16.3 Å². The van der Waals surface area contributed by atoms with E-state index in [2.05, 4.69) is 5.32 Å². The van der Waals surface area contributed by atoms with Gasteiger partial charge in [-0.1, -0.05) is 44.4 Å². The van der Waals surface area contributed by atoms with E-state index in [0.717, 1.165) is 12.8 Å². The van der Waals surface area contributed by atoms with Crippen molar-refractivity contribution in [3.05, 3.63) is 29.3 Å². The maximum absolute atomic E-state index is 11.7. The summed E-state index contributed by atoms with van der Waals surface area (Å²) in [6.45, 7) is 4.66. The molecule has 1 rings (SSSR count). The van der Waals surface area contributed by atoms with Crippen LogP contribution in [0.4, 0.5) is 0 Å². The molecular weight excluding hydrogens is 290 g/mol. The fraction of sp³-hybridized carbons (Fsp3) is 0.562. The number of hydrogen-bond donors (Lipinski definition) is 2. The molecule has 5 heteroatoms. The number of rotatable bonds is 9. The van der Waals surface area contributed by atoms with Crippen molar-refractivity contribution in [2.24, 2.45) is 5.92 Å². The van der Waals surface area contributed by atoms with E-state index < -0.39 is 6.10 Å². The van der Waals surface area contributed by atoms with Gasteiger partial charge in [0.25, 0.3) is 0 Å². The fourth-order valence-electron chi connectivity index (χ4n) is 2.12. The molecule has 1 unspecified atom stereocenters. The summed E-state index contributed by atoms with van der Waals surface area (Å²) in [5.41, 5.74) is 0. The van der Waals surface area contributed by atoms with Gasteiger partial charge >= 0.3 is 0 Å². The summed E-state index contributed by atoms with van der Waals surface area (Å²) in [6, 6.07) is 7.06. The number of amides is 1. The Morgan fingerprint density at radius 1 is 1.38 bits per heavy atom. The fourth-order valence-corrected chi connectivity index (χ4v) is 2.30. The second-order valence-electron chi connectivity index (χ2n) is 5.00. The van der Waals surface area contributed by atoms with Gasteiger partial charge in [0.1, 0.15) is 5.75 Å². The third kappa shape index (κ3) is 6.82. The van der Waals surface area contributed by atoms with Crippen LogP contribution in [0.15, 0.2) is 24.3 Å². The first kappa shape index (κ1) is 17.8. The molecule has 0 bridgehead atoms. The van der Waals surface area contributed by atoms with Gasteiger partial charge in [-0.15, -0.1) is 0 Å². The van der Waals surface area contributed by atoms with Gasteiger partial charge in [0, 0.05) is 11.6 Å². The van der Waals surface area contributed by atoms with Crippen molar-refractivity contribution in [3.8, 4) is 5.75 Å². The summed E-state index contributed by atoms with van der Waals surface area (Å²) >= 11 is 5.84. The van der Waals surface area contributed by atoms with E-state index in [9.17, 15) is 9.90 Å². The van der Waals surface area contributed by atoms with Crippen LogP contribution in [0.2, 0.25) is 5.02 Å². The number of carbonyl (C=O) groups excluding carboxylic acids is 1. The summed E-state index contributed by atoms with van der Waals surface area (Å²) in [5.74, 6) is 0.752. The van der Waals surface area contributed by atoms with Gasteiger partial charge in [-0.3, -0.25) is 4.79 Å². The minimum absolute atomic E-state index is 0.123. The lowest BCUT2D eigenvalue weighted by molar-refractivity contribution is -0.122. The lowest BCUT2D eigenvalue weighted by Crippen LogP contribution is -2.36. The predicted octanol–water partition coefficient (Wildman–Crippen LogP) is 3.02. The molecule has 0 radical (unpaired) electrons. The number of nitrogens with one attached hydrogen (secondary N) is 1. The summed E-state index contributed by atoms with van der Waals surface area (Å²) < 4.78 is 5.45. The van der Waals surface area contributed by atoms with Crippen LogP contribution >= 0.6 is 11.6 Å². The highest BCUT2D eigenvalue weighted by molar-refractivity contribution is 6.30. The van der Waals surface area contributed by atoms with Crippen LogP contribution in [0.5, 0.6) is 5.75 Å². The topological polar surface area (TPSA) is 58.6 Å². The third-order valence-corrected chi connectivity index (χ3v) is 3.73. The van der Waals surface area contributed by atoms with E-state index in [1.807, 2.05) is 13.8 Å². The van der Waals surface area contributed by atoms with Crippen molar-refractivity contribution in [1.82, 2.24) is 5.32 Å². The van der Waals surface area contributed by atoms with Gasteiger partial charge in [-0.2, -0.15) is 0 Å².